The van der Waals surface area contributed by atoms with Crippen molar-refractivity contribution in [3.63, 3.8) is 0 Å². The Morgan fingerprint density at radius 1 is 0.600 bits per heavy atom. The number of aliphatic imine (C=N–C) groups is 1. The quantitative estimate of drug-likeness (QED) is 0.102. The lowest BCUT2D eigenvalue weighted by atomic mass is 10.0. The van der Waals surface area contributed by atoms with Crippen LogP contribution in [0.1, 0.15) is 22.9 Å². The van der Waals surface area contributed by atoms with Gasteiger partial charge in [0.25, 0.3) is 0 Å². The number of amidine groups is 1. The molecule has 0 fully saturated rings. The lowest BCUT2D eigenvalue weighted by Gasteiger charge is -2.18. The molecule has 0 aliphatic carbocycles. The minimum absolute atomic E-state index is 0.345. The van der Waals surface area contributed by atoms with Crippen LogP contribution < -0.4 is 16.4 Å². The lowest BCUT2D eigenvalue weighted by Crippen LogP contribution is -2.24. The van der Waals surface area contributed by atoms with Crippen LogP contribution in [0.15, 0.2) is 185 Å². The fourth-order valence-electron chi connectivity index (χ4n) is 6.46. The predicted molar refractivity (Wildman–Crippen MR) is 208 cm³/mol. The number of rotatable bonds is 10. The maximum Gasteiger partial charge on any atom is 0.159 e. The van der Waals surface area contributed by atoms with E-state index in [9.17, 15) is 0 Å². The molecule has 0 aliphatic heterocycles. The van der Waals surface area contributed by atoms with Crippen molar-refractivity contribution >= 4 is 39.1 Å². The number of nitrogens with one attached hydrogen (secondary N) is 2. The molecule has 242 valence electrons. The molecule has 8 rings (SSSR count). The van der Waals surface area contributed by atoms with Crippen molar-refractivity contribution in [1.82, 2.24) is 5.32 Å². The zero-order valence-electron chi connectivity index (χ0n) is 27.5. The number of benzene rings is 7. The van der Waals surface area contributed by atoms with Crippen LogP contribution in [0.5, 0.6) is 0 Å². The highest BCUT2D eigenvalue weighted by atomic mass is 16.3. The first-order chi connectivity index (χ1) is 24.7. The largest absolute Gasteiger partial charge is 0.454 e. The normalized spacial score (nSPS) is 12.3. The highest BCUT2D eigenvalue weighted by Crippen LogP contribution is 2.41. The van der Waals surface area contributed by atoms with Crippen LogP contribution in [0, 0.1) is 0 Å². The van der Waals surface area contributed by atoms with E-state index in [4.69, 9.17) is 15.1 Å². The molecule has 7 aromatic carbocycles. The summed E-state index contributed by atoms with van der Waals surface area (Å²) in [5, 5.41) is 9.58. The van der Waals surface area contributed by atoms with Gasteiger partial charge in [-0.3, -0.25) is 5.32 Å². The second-order valence-corrected chi connectivity index (χ2v) is 12.3. The average Bonchev–Trinajstić information content (AvgIpc) is 3.57. The third kappa shape index (κ3) is 6.50. The SMILES string of the molecule is NC(=NC(NCc1cccc(Nc2c(-c3ccccc3)ccc3c2oc2ccccc23)c1)c1ccccc1)c1cccc(-c2ccccc2)c1. The van der Waals surface area contributed by atoms with E-state index in [-0.39, 0.29) is 6.17 Å². The Morgan fingerprint density at radius 2 is 1.28 bits per heavy atom. The van der Waals surface area contributed by atoms with E-state index >= 15 is 0 Å². The van der Waals surface area contributed by atoms with E-state index < -0.39 is 0 Å². The second-order valence-electron chi connectivity index (χ2n) is 12.3. The summed E-state index contributed by atoms with van der Waals surface area (Å²) in [6.07, 6.45) is -0.345. The molecule has 8 aromatic rings. The molecule has 1 unspecified atom stereocenters. The van der Waals surface area contributed by atoms with Gasteiger partial charge in [0.1, 0.15) is 17.6 Å². The maximum absolute atomic E-state index is 6.69. The van der Waals surface area contributed by atoms with Crippen LogP contribution in [0.4, 0.5) is 11.4 Å². The monoisotopic (exact) mass is 648 g/mol. The van der Waals surface area contributed by atoms with Gasteiger partial charge in [0.2, 0.25) is 0 Å². The summed E-state index contributed by atoms with van der Waals surface area (Å²) >= 11 is 0. The molecule has 50 heavy (non-hydrogen) atoms. The zero-order chi connectivity index (χ0) is 33.7. The molecule has 0 saturated carbocycles. The van der Waals surface area contributed by atoms with Gasteiger partial charge >= 0.3 is 0 Å². The third-order valence-corrected chi connectivity index (χ3v) is 8.98. The van der Waals surface area contributed by atoms with Gasteiger partial charge in [-0.1, -0.05) is 146 Å². The molecule has 0 spiro atoms. The Bertz CT molecular complexity index is 2420. The van der Waals surface area contributed by atoms with Crippen LogP contribution in [-0.4, -0.2) is 5.84 Å². The van der Waals surface area contributed by atoms with Crippen molar-refractivity contribution in [2.45, 2.75) is 12.7 Å². The first-order valence-corrected chi connectivity index (χ1v) is 16.8. The molecular formula is C45H36N4O. The topological polar surface area (TPSA) is 75.6 Å². The number of furan rings is 1. The first kappa shape index (κ1) is 30.9. The Hall–Kier alpha value is -6.43. The minimum Gasteiger partial charge on any atom is -0.454 e. The van der Waals surface area contributed by atoms with E-state index in [1.807, 2.05) is 72.8 Å². The Balaban J connectivity index is 1.09. The van der Waals surface area contributed by atoms with Gasteiger partial charge < -0.3 is 15.5 Å². The molecule has 1 atom stereocenters. The fourth-order valence-corrected chi connectivity index (χ4v) is 6.46. The minimum atomic E-state index is -0.345. The van der Waals surface area contributed by atoms with Gasteiger partial charge in [-0.05, 0) is 58.1 Å². The number of nitrogens with two attached hydrogens (primary N) is 1. The first-order valence-electron chi connectivity index (χ1n) is 16.8. The molecule has 5 heteroatoms. The molecule has 5 nitrogen and oxygen atoms in total. The van der Waals surface area contributed by atoms with Crippen LogP contribution in [-0.2, 0) is 6.54 Å². The number of hydrogen-bond donors (Lipinski definition) is 3. The number of hydrogen-bond acceptors (Lipinski definition) is 4. The molecule has 1 aromatic heterocycles. The van der Waals surface area contributed by atoms with E-state index in [1.165, 1.54) is 0 Å². The van der Waals surface area contributed by atoms with Gasteiger partial charge in [-0.15, -0.1) is 0 Å². The van der Waals surface area contributed by atoms with E-state index in [0.717, 1.165) is 72.3 Å². The predicted octanol–water partition coefficient (Wildman–Crippen LogP) is 10.9. The lowest BCUT2D eigenvalue weighted by molar-refractivity contribution is 0.554. The van der Waals surface area contributed by atoms with E-state index in [2.05, 4.69) is 114 Å². The number of nitrogens with zero attached hydrogens (tertiary/aromatic N) is 1. The van der Waals surface area contributed by atoms with Crippen molar-refractivity contribution in [3.05, 3.63) is 193 Å². The molecule has 0 aliphatic rings. The number of para-hydroxylation sites is 1. The summed E-state index contributed by atoms with van der Waals surface area (Å²) in [6, 6.07) is 60.1. The molecule has 4 N–H and O–H groups in total. The van der Waals surface area contributed by atoms with Gasteiger partial charge in [-0.25, -0.2) is 4.99 Å². The van der Waals surface area contributed by atoms with Crippen molar-refractivity contribution in [1.29, 1.82) is 0 Å². The molecular weight excluding hydrogens is 613 g/mol. The van der Waals surface area contributed by atoms with Crippen LogP contribution in [0.25, 0.3) is 44.2 Å². The van der Waals surface area contributed by atoms with E-state index in [0.29, 0.717) is 12.4 Å². The summed E-state index contributed by atoms with van der Waals surface area (Å²) in [5.74, 6) is 0.479. The fraction of sp³-hybridized carbons (Fsp3) is 0.0444. The maximum atomic E-state index is 6.69. The Kier molecular flexibility index (Phi) is 8.63. The molecule has 1 heterocycles. The van der Waals surface area contributed by atoms with Gasteiger partial charge in [0.15, 0.2) is 5.58 Å². The second kappa shape index (κ2) is 14.0. The average molecular weight is 649 g/mol. The molecule has 0 radical (unpaired) electrons. The van der Waals surface area contributed by atoms with Crippen molar-refractivity contribution in [2.24, 2.45) is 10.7 Å². The van der Waals surface area contributed by atoms with Gasteiger partial charge in [-0.2, -0.15) is 0 Å². The van der Waals surface area contributed by atoms with Crippen molar-refractivity contribution in [3.8, 4) is 22.3 Å². The standard InChI is InChI=1S/C45H36N4O/c46-44(36-22-13-21-35(29-36)32-15-4-1-5-16-32)49-45(34-19-8-3-9-20-34)47-30-31-14-12-23-37(28-31)48-42-38(33-17-6-2-7-18-33)26-27-40-39-24-10-11-25-41(39)50-43(40)42/h1-29,45,47-48H,30H2,(H2,46,49). The summed E-state index contributed by atoms with van der Waals surface area (Å²) in [4.78, 5) is 5.01. The summed E-state index contributed by atoms with van der Waals surface area (Å²) in [6.45, 7) is 0.580. The molecule has 0 bridgehead atoms. The Morgan fingerprint density at radius 3 is 2.08 bits per heavy atom. The Labute approximate surface area is 291 Å². The third-order valence-electron chi connectivity index (χ3n) is 8.98. The summed E-state index contributed by atoms with van der Waals surface area (Å²) in [5.41, 5.74) is 17.7. The van der Waals surface area contributed by atoms with Crippen LogP contribution in [0.2, 0.25) is 0 Å². The summed E-state index contributed by atoms with van der Waals surface area (Å²) < 4.78 is 6.48. The van der Waals surface area contributed by atoms with Crippen molar-refractivity contribution in [2.75, 3.05) is 5.32 Å². The van der Waals surface area contributed by atoms with Crippen molar-refractivity contribution < 1.29 is 4.42 Å². The van der Waals surface area contributed by atoms with Gasteiger partial charge in [0.05, 0.1) is 5.69 Å². The highest BCUT2D eigenvalue weighted by Gasteiger charge is 2.17. The van der Waals surface area contributed by atoms with Gasteiger partial charge in [0, 0.05) is 34.1 Å². The number of fused-ring (bicyclic) bond motifs is 3. The van der Waals surface area contributed by atoms with Crippen LogP contribution >= 0.6 is 0 Å². The number of anilines is 2. The zero-order valence-corrected chi connectivity index (χ0v) is 27.5. The molecule has 0 amide bonds. The van der Waals surface area contributed by atoms with Crippen LogP contribution in [0.3, 0.4) is 0 Å². The smallest absolute Gasteiger partial charge is 0.159 e. The molecule has 0 saturated heterocycles. The highest BCUT2D eigenvalue weighted by molar-refractivity contribution is 6.12. The van der Waals surface area contributed by atoms with E-state index in [1.54, 1.807) is 0 Å². The summed E-state index contributed by atoms with van der Waals surface area (Å²) in [7, 11) is 0.